The summed E-state index contributed by atoms with van der Waals surface area (Å²) >= 11 is 5.78. The van der Waals surface area contributed by atoms with Crippen molar-refractivity contribution in [3.05, 3.63) is 64.2 Å². The summed E-state index contributed by atoms with van der Waals surface area (Å²) in [6.45, 7) is 5.35. The number of hydrogen-bond donors (Lipinski definition) is 0. The highest BCUT2D eigenvalue weighted by molar-refractivity contribution is 7.89. The second-order valence-electron chi connectivity index (χ2n) is 6.08. The molecule has 8 heteroatoms. The standard InChI is InChI=1S/C20H22ClNO5S/c1-4-22(5-2)28(25,26)19-12-16(7-6-14(19)3)20(24)27-13-18(23)15-8-10-17(21)11-9-15/h6-12H,4-5,13H2,1-3H3. The van der Waals surface area contributed by atoms with Crippen molar-refractivity contribution in [3.8, 4) is 0 Å². The van der Waals surface area contributed by atoms with Gasteiger partial charge in [-0.15, -0.1) is 0 Å². The minimum absolute atomic E-state index is 0.0506. The van der Waals surface area contributed by atoms with E-state index in [0.717, 1.165) is 0 Å². The molecule has 0 fully saturated rings. The van der Waals surface area contributed by atoms with Gasteiger partial charge in [-0.2, -0.15) is 4.31 Å². The Balaban J connectivity index is 2.18. The molecule has 0 aliphatic carbocycles. The fourth-order valence-corrected chi connectivity index (χ4v) is 4.48. The number of benzene rings is 2. The van der Waals surface area contributed by atoms with Gasteiger partial charge in [-0.3, -0.25) is 4.79 Å². The lowest BCUT2D eigenvalue weighted by Crippen LogP contribution is -2.31. The molecule has 0 heterocycles. The molecular formula is C20H22ClNO5S. The van der Waals surface area contributed by atoms with Gasteiger partial charge < -0.3 is 4.74 Å². The smallest absolute Gasteiger partial charge is 0.338 e. The molecule has 6 nitrogen and oxygen atoms in total. The highest BCUT2D eigenvalue weighted by Crippen LogP contribution is 2.22. The largest absolute Gasteiger partial charge is 0.454 e. The van der Waals surface area contributed by atoms with Crippen LogP contribution in [0.25, 0.3) is 0 Å². The highest BCUT2D eigenvalue weighted by atomic mass is 35.5. The molecular weight excluding hydrogens is 402 g/mol. The first-order valence-electron chi connectivity index (χ1n) is 8.77. The molecule has 0 aliphatic rings. The summed E-state index contributed by atoms with van der Waals surface area (Å²) < 4.78 is 31.9. The minimum atomic E-state index is -3.72. The Morgan fingerprint density at radius 1 is 1.00 bits per heavy atom. The Labute approximate surface area is 170 Å². The van der Waals surface area contributed by atoms with Crippen molar-refractivity contribution in [2.75, 3.05) is 19.7 Å². The third-order valence-corrected chi connectivity index (χ3v) is 6.69. The SMILES string of the molecule is CCN(CC)S(=O)(=O)c1cc(C(=O)OCC(=O)c2ccc(Cl)cc2)ccc1C. The number of aryl methyl sites for hydroxylation is 1. The molecule has 0 spiro atoms. The Morgan fingerprint density at radius 3 is 2.14 bits per heavy atom. The average Bonchev–Trinajstić information content (AvgIpc) is 2.67. The monoisotopic (exact) mass is 423 g/mol. The lowest BCUT2D eigenvalue weighted by Gasteiger charge is -2.20. The van der Waals surface area contributed by atoms with Crippen LogP contribution in [-0.2, 0) is 14.8 Å². The van der Waals surface area contributed by atoms with Crippen LogP contribution < -0.4 is 0 Å². The third kappa shape index (κ3) is 4.98. The van der Waals surface area contributed by atoms with Gasteiger partial charge in [-0.1, -0.05) is 31.5 Å². The van der Waals surface area contributed by atoms with E-state index in [1.165, 1.54) is 16.4 Å². The molecule has 0 unspecified atom stereocenters. The van der Waals surface area contributed by atoms with Crippen molar-refractivity contribution < 1.29 is 22.7 Å². The fraction of sp³-hybridized carbons (Fsp3) is 0.300. The van der Waals surface area contributed by atoms with Gasteiger partial charge in [0, 0.05) is 23.7 Å². The van der Waals surface area contributed by atoms with Gasteiger partial charge in [0.25, 0.3) is 0 Å². The number of rotatable bonds is 8. The molecule has 0 aliphatic heterocycles. The van der Waals surface area contributed by atoms with Crippen molar-refractivity contribution in [1.29, 1.82) is 0 Å². The van der Waals surface area contributed by atoms with Crippen LogP contribution in [-0.4, -0.2) is 44.2 Å². The molecule has 0 radical (unpaired) electrons. The van der Waals surface area contributed by atoms with Crippen molar-refractivity contribution in [1.82, 2.24) is 4.31 Å². The lowest BCUT2D eigenvalue weighted by molar-refractivity contribution is 0.0474. The van der Waals surface area contributed by atoms with Gasteiger partial charge in [0.05, 0.1) is 10.5 Å². The fourth-order valence-electron chi connectivity index (χ4n) is 2.64. The molecule has 0 saturated carbocycles. The zero-order valence-corrected chi connectivity index (χ0v) is 17.5. The number of esters is 1. The number of halogens is 1. The maximum atomic E-state index is 12.8. The van der Waals surface area contributed by atoms with E-state index in [1.807, 2.05) is 0 Å². The van der Waals surface area contributed by atoms with Crippen molar-refractivity contribution in [2.24, 2.45) is 0 Å². The van der Waals surface area contributed by atoms with E-state index in [2.05, 4.69) is 0 Å². The number of nitrogens with zero attached hydrogens (tertiary/aromatic N) is 1. The van der Waals surface area contributed by atoms with Crippen LogP contribution in [0.1, 0.15) is 40.1 Å². The van der Waals surface area contributed by atoms with E-state index in [1.54, 1.807) is 51.1 Å². The lowest BCUT2D eigenvalue weighted by atomic mass is 10.1. The van der Waals surface area contributed by atoms with Crippen LogP contribution in [0.3, 0.4) is 0 Å². The molecule has 2 aromatic rings. The Bertz CT molecular complexity index is 967. The van der Waals surface area contributed by atoms with Gasteiger partial charge in [0.15, 0.2) is 12.4 Å². The Kier molecular flexibility index (Phi) is 7.35. The summed E-state index contributed by atoms with van der Waals surface area (Å²) in [6, 6.07) is 10.5. The van der Waals surface area contributed by atoms with E-state index in [9.17, 15) is 18.0 Å². The third-order valence-electron chi connectivity index (χ3n) is 4.25. The Hall–Kier alpha value is -2.22. The summed E-state index contributed by atoms with van der Waals surface area (Å²) in [7, 11) is -3.72. The van der Waals surface area contributed by atoms with E-state index in [0.29, 0.717) is 29.2 Å². The zero-order valence-electron chi connectivity index (χ0n) is 15.9. The molecule has 2 rings (SSSR count). The summed E-state index contributed by atoms with van der Waals surface area (Å²) in [6.07, 6.45) is 0. The number of ether oxygens (including phenoxy) is 1. The van der Waals surface area contributed by atoms with Crippen LogP contribution in [0, 0.1) is 6.92 Å². The minimum Gasteiger partial charge on any atom is -0.454 e. The molecule has 2 aromatic carbocycles. The second kappa shape index (κ2) is 9.32. The maximum absolute atomic E-state index is 12.8. The quantitative estimate of drug-likeness (QED) is 0.477. The van der Waals surface area contributed by atoms with Gasteiger partial charge >= 0.3 is 5.97 Å². The summed E-state index contributed by atoms with van der Waals surface area (Å²) in [4.78, 5) is 24.5. The molecule has 0 amide bonds. The van der Waals surface area contributed by atoms with Gasteiger partial charge in [0.2, 0.25) is 10.0 Å². The second-order valence-corrected chi connectivity index (χ2v) is 8.42. The van der Waals surface area contributed by atoms with Crippen LogP contribution in [0.15, 0.2) is 47.4 Å². The van der Waals surface area contributed by atoms with Gasteiger partial charge in [-0.25, -0.2) is 13.2 Å². The first kappa shape index (κ1) is 22.1. The van der Waals surface area contributed by atoms with Crippen LogP contribution in [0.4, 0.5) is 0 Å². The summed E-state index contributed by atoms with van der Waals surface area (Å²) in [5.41, 5.74) is 0.965. The zero-order chi connectivity index (χ0) is 20.9. The van der Waals surface area contributed by atoms with Crippen LogP contribution in [0.2, 0.25) is 5.02 Å². The molecule has 28 heavy (non-hydrogen) atoms. The maximum Gasteiger partial charge on any atom is 0.338 e. The van der Waals surface area contributed by atoms with Gasteiger partial charge in [-0.05, 0) is 48.9 Å². The number of carbonyl (C=O) groups is 2. The van der Waals surface area contributed by atoms with E-state index < -0.39 is 22.6 Å². The van der Waals surface area contributed by atoms with Crippen molar-refractivity contribution in [3.63, 3.8) is 0 Å². The number of carbonyl (C=O) groups excluding carboxylic acids is 2. The van der Waals surface area contributed by atoms with Crippen LogP contribution in [0.5, 0.6) is 0 Å². The first-order chi connectivity index (χ1) is 13.2. The first-order valence-corrected chi connectivity index (χ1v) is 10.6. The molecule has 150 valence electrons. The number of ketones is 1. The number of Topliss-reactive ketones (excluding diaryl/α,β-unsaturated/α-hetero) is 1. The highest BCUT2D eigenvalue weighted by Gasteiger charge is 2.25. The number of sulfonamides is 1. The normalized spacial score (nSPS) is 11.5. The Morgan fingerprint density at radius 2 is 1.57 bits per heavy atom. The molecule has 0 atom stereocenters. The van der Waals surface area contributed by atoms with Gasteiger partial charge in [0.1, 0.15) is 0 Å². The van der Waals surface area contributed by atoms with E-state index >= 15 is 0 Å². The van der Waals surface area contributed by atoms with Crippen molar-refractivity contribution in [2.45, 2.75) is 25.7 Å². The van der Waals surface area contributed by atoms with E-state index in [-0.39, 0.29) is 16.2 Å². The van der Waals surface area contributed by atoms with Crippen LogP contribution >= 0.6 is 11.6 Å². The summed E-state index contributed by atoms with van der Waals surface area (Å²) in [5.74, 6) is -1.15. The topological polar surface area (TPSA) is 80.8 Å². The average molecular weight is 424 g/mol. The molecule has 0 saturated heterocycles. The summed E-state index contributed by atoms with van der Waals surface area (Å²) in [5, 5.41) is 0.496. The molecule has 0 aromatic heterocycles. The molecule has 0 N–H and O–H groups in total. The predicted octanol–water partition coefficient (Wildman–Crippen LogP) is 3.72. The number of hydrogen-bond acceptors (Lipinski definition) is 5. The van der Waals surface area contributed by atoms with E-state index in [4.69, 9.17) is 16.3 Å². The predicted molar refractivity (Wildman–Crippen MR) is 107 cm³/mol. The molecule has 0 bridgehead atoms. The van der Waals surface area contributed by atoms with Crippen molar-refractivity contribution >= 4 is 33.4 Å².